The first kappa shape index (κ1) is 22.0. The lowest BCUT2D eigenvalue weighted by Crippen LogP contribution is -2.01. The summed E-state index contributed by atoms with van der Waals surface area (Å²) in [5.41, 5.74) is 3.34. The first-order chi connectivity index (χ1) is 16.5. The molecule has 0 amide bonds. The van der Waals surface area contributed by atoms with Gasteiger partial charge in [-0.2, -0.15) is 0 Å². The number of benzene rings is 3. The highest BCUT2D eigenvalue weighted by atomic mass is 32.2. The molecule has 34 heavy (non-hydrogen) atoms. The van der Waals surface area contributed by atoms with Crippen LogP contribution in [-0.2, 0) is 0 Å². The molecule has 0 saturated carbocycles. The first-order valence-electron chi connectivity index (χ1n) is 10.5. The van der Waals surface area contributed by atoms with Crippen molar-refractivity contribution in [2.75, 3.05) is 0 Å². The minimum absolute atomic E-state index is 0.240. The molecule has 3 aromatic carbocycles. The van der Waals surface area contributed by atoms with E-state index in [-0.39, 0.29) is 16.9 Å². The maximum Gasteiger partial charge on any atom is 0.247 e. The summed E-state index contributed by atoms with van der Waals surface area (Å²) in [4.78, 5) is 0. The van der Waals surface area contributed by atoms with E-state index in [9.17, 15) is 8.78 Å². The molecule has 5 rings (SSSR count). The SMILES string of the molecule is Cc1ccc(-c2nnc(C(C)Sc3nnc(-c4ccc(F)cc4)n3-c3ccc(F)cc3)o2)cc1. The summed E-state index contributed by atoms with van der Waals surface area (Å²) in [6.07, 6.45) is 0. The van der Waals surface area contributed by atoms with Gasteiger partial charge in [0.2, 0.25) is 11.8 Å². The van der Waals surface area contributed by atoms with Crippen LogP contribution in [0.3, 0.4) is 0 Å². The molecule has 9 heteroatoms. The van der Waals surface area contributed by atoms with Crippen molar-refractivity contribution in [2.24, 2.45) is 0 Å². The monoisotopic (exact) mass is 475 g/mol. The van der Waals surface area contributed by atoms with Gasteiger partial charge in [0.1, 0.15) is 11.6 Å². The molecule has 170 valence electrons. The molecule has 6 nitrogen and oxygen atoms in total. The van der Waals surface area contributed by atoms with Crippen molar-refractivity contribution in [3.05, 3.63) is 95.9 Å². The highest BCUT2D eigenvalue weighted by molar-refractivity contribution is 7.99. The molecule has 0 bridgehead atoms. The van der Waals surface area contributed by atoms with Crippen LogP contribution in [0.2, 0.25) is 0 Å². The number of thioether (sulfide) groups is 1. The fourth-order valence-electron chi connectivity index (χ4n) is 3.38. The Labute approximate surface area is 198 Å². The molecule has 2 heterocycles. The summed E-state index contributed by atoms with van der Waals surface area (Å²) in [6.45, 7) is 3.94. The van der Waals surface area contributed by atoms with Crippen LogP contribution in [0.4, 0.5) is 8.78 Å². The van der Waals surface area contributed by atoms with Crippen LogP contribution in [0, 0.1) is 18.6 Å². The summed E-state index contributed by atoms with van der Waals surface area (Å²) in [7, 11) is 0. The molecule has 0 aliphatic carbocycles. The van der Waals surface area contributed by atoms with Crippen LogP contribution in [-0.4, -0.2) is 25.0 Å². The molecule has 0 aliphatic heterocycles. The third-order valence-electron chi connectivity index (χ3n) is 5.19. The lowest BCUT2D eigenvalue weighted by molar-refractivity contribution is 0.509. The van der Waals surface area contributed by atoms with Crippen molar-refractivity contribution in [1.29, 1.82) is 0 Å². The molecule has 0 fully saturated rings. The number of hydrogen-bond acceptors (Lipinski definition) is 6. The number of aromatic nitrogens is 5. The molecule has 2 aromatic heterocycles. The fourth-order valence-corrected chi connectivity index (χ4v) is 4.27. The Hall–Kier alpha value is -3.85. The second-order valence-electron chi connectivity index (χ2n) is 7.70. The molecule has 5 aromatic rings. The predicted octanol–water partition coefficient (Wildman–Crippen LogP) is 6.42. The lowest BCUT2D eigenvalue weighted by Gasteiger charge is -2.12. The smallest absolute Gasteiger partial charge is 0.247 e. The quantitative estimate of drug-likeness (QED) is 0.264. The van der Waals surface area contributed by atoms with E-state index in [0.29, 0.717) is 34.0 Å². The van der Waals surface area contributed by atoms with E-state index in [1.54, 1.807) is 28.8 Å². The Morgan fingerprint density at radius 1 is 0.765 bits per heavy atom. The zero-order valence-corrected chi connectivity index (χ0v) is 19.1. The van der Waals surface area contributed by atoms with Gasteiger partial charge in [-0.3, -0.25) is 4.57 Å². The number of nitrogens with zero attached hydrogens (tertiary/aromatic N) is 5. The summed E-state index contributed by atoms with van der Waals surface area (Å²) in [6, 6.07) is 19.8. The largest absolute Gasteiger partial charge is 0.419 e. The Morgan fingerprint density at radius 3 is 2.06 bits per heavy atom. The molecule has 0 saturated heterocycles. The van der Waals surface area contributed by atoms with Gasteiger partial charge in [-0.1, -0.05) is 29.5 Å². The van der Waals surface area contributed by atoms with E-state index in [2.05, 4.69) is 20.4 Å². The van der Waals surface area contributed by atoms with Crippen molar-refractivity contribution >= 4 is 11.8 Å². The van der Waals surface area contributed by atoms with Crippen molar-refractivity contribution in [3.8, 4) is 28.5 Å². The van der Waals surface area contributed by atoms with Crippen molar-refractivity contribution in [2.45, 2.75) is 24.3 Å². The molecular weight excluding hydrogens is 456 g/mol. The topological polar surface area (TPSA) is 69.6 Å². The molecule has 0 spiro atoms. The van der Waals surface area contributed by atoms with Crippen LogP contribution in [0.25, 0.3) is 28.5 Å². The van der Waals surface area contributed by atoms with E-state index in [4.69, 9.17) is 4.42 Å². The van der Waals surface area contributed by atoms with Gasteiger partial charge in [-0.05, 0) is 74.5 Å². The van der Waals surface area contributed by atoms with Crippen molar-refractivity contribution < 1.29 is 13.2 Å². The van der Waals surface area contributed by atoms with Gasteiger partial charge in [0.05, 0.1) is 5.25 Å². The second-order valence-corrected chi connectivity index (χ2v) is 9.00. The average molecular weight is 476 g/mol. The highest BCUT2D eigenvalue weighted by Crippen LogP contribution is 2.37. The number of hydrogen-bond donors (Lipinski definition) is 0. The van der Waals surface area contributed by atoms with Gasteiger partial charge < -0.3 is 4.42 Å². The standard InChI is InChI=1S/C25H19F2N5OS/c1-15-3-5-18(6-4-15)24-30-29-23(33-24)16(2)34-25-31-28-22(17-7-9-19(26)10-8-17)32(25)21-13-11-20(27)12-14-21/h3-14,16H,1-2H3. The average Bonchev–Trinajstić information content (AvgIpc) is 3.49. The number of aryl methyl sites for hydroxylation is 1. The molecular formula is C25H19F2N5OS. The molecule has 1 atom stereocenters. The Balaban J connectivity index is 1.48. The van der Waals surface area contributed by atoms with Gasteiger partial charge in [-0.25, -0.2) is 8.78 Å². The lowest BCUT2D eigenvalue weighted by atomic mass is 10.1. The van der Waals surface area contributed by atoms with Gasteiger partial charge >= 0.3 is 0 Å². The van der Waals surface area contributed by atoms with E-state index < -0.39 is 0 Å². The number of halogens is 2. The van der Waals surface area contributed by atoms with Gasteiger partial charge in [0, 0.05) is 16.8 Å². The summed E-state index contributed by atoms with van der Waals surface area (Å²) in [5.74, 6) is 0.692. The zero-order chi connectivity index (χ0) is 23.7. The van der Waals surface area contributed by atoms with Gasteiger partial charge in [0.15, 0.2) is 11.0 Å². The van der Waals surface area contributed by atoms with Crippen molar-refractivity contribution in [3.63, 3.8) is 0 Å². The zero-order valence-electron chi connectivity index (χ0n) is 18.3. The fraction of sp³-hybridized carbons (Fsp3) is 0.120. The Bertz CT molecular complexity index is 1410. The van der Waals surface area contributed by atoms with Crippen LogP contribution >= 0.6 is 11.8 Å². The van der Waals surface area contributed by atoms with Crippen LogP contribution < -0.4 is 0 Å². The Morgan fingerprint density at radius 2 is 1.38 bits per heavy atom. The van der Waals surface area contributed by atoms with E-state index in [1.165, 1.54) is 36.0 Å². The Kier molecular flexibility index (Phi) is 5.93. The minimum atomic E-state index is -0.350. The number of rotatable bonds is 6. The van der Waals surface area contributed by atoms with Crippen LogP contribution in [0.15, 0.2) is 82.4 Å². The second kappa shape index (κ2) is 9.18. The third kappa shape index (κ3) is 4.47. The first-order valence-corrected chi connectivity index (χ1v) is 11.4. The van der Waals surface area contributed by atoms with E-state index in [0.717, 1.165) is 11.1 Å². The summed E-state index contributed by atoms with van der Waals surface area (Å²) in [5, 5.41) is 17.4. The molecule has 0 radical (unpaired) electrons. The van der Waals surface area contributed by atoms with Gasteiger partial charge in [0.25, 0.3) is 0 Å². The third-order valence-corrected chi connectivity index (χ3v) is 6.22. The van der Waals surface area contributed by atoms with Gasteiger partial charge in [-0.15, -0.1) is 20.4 Å². The molecule has 0 aliphatic rings. The molecule has 0 N–H and O–H groups in total. The van der Waals surface area contributed by atoms with Crippen molar-refractivity contribution in [1.82, 2.24) is 25.0 Å². The minimum Gasteiger partial charge on any atom is -0.419 e. The maximum absolute atomic E-state index is 13.6. The summed E-state index contributed by atoms with van der Waals surface area (Å²) < 4.78 is 34.8. The van der Waals surface area contributed by atoms with Crippen LogP contribution in [0.1, 0.15) is 23.6 Å². The maximum atomic E-state index is 13.6. The highest BCUT2D eigenvalue weighted by Gasteiger charge is 2.22. The summed E-state index contributed by atoms with van der Waals surface area (Å²) >= 11 is 1.38. The van der Waals surface area contributed by atoms with E-state index in [1.807, 2.05) is 38.1 Å². The normalized spacial score (nSPS) is 12.1. The molecule has 1 unspecified atom stereocenters. The van der Waals surface area contributed by atoms with Crippen LogP contribution in [0.5, 0.6) is 0 Å². The van der Waals surface area contributed by atoms with E-state index >= 15 is 0 Å². The predicted molar refractivity (Wildman–Crippen MR) is 125 cm³/mol.